The Morgan fingerprint density at radius 2 is 1.61 bits per heavy atom. The Balaban J connectivity index is 1.98. The molecule has 3 aromatic rings. The van der Waals surface area contributed by atoms with Gasteiger partial charge in [0.2, 0.25) is 0 Å². The zero-order chi connectivity index (χ0) is 24.0. The van der Waals surface area contributed by atoms with Gasteiger partial charge in [-0.05, 0) is 93.3 Å². The molecule has 1 aliphatic rings. The van der Waals surface area contributed by atoms with E-state index < -0.39 is 17.7 Å². The van der Waals surface area contributed by atoms with E-state index in [-0.39, 0.29) is 11.3 Å². The van der Waals surface area contributed by atoms with E-state index in [0.717, 1.165) is 22.3 Å². The van der Waals surface area contributed by atoms with Crippen molar-refractivity contribution in [3.8, 4) is 5.75 Å². The lowest BCUT2D eigenvalue weighted by Gasteiger charge is -2.24. The highest BCUT2D eigenvalue weighted by atomic mass is 16.5. The monoisotopic (exact) mass is 445 g/mol. The molecule has 1 N–H and O–H groups in total. The summed E-state index contributed by atoms with van der Waals surface area (Å²) in [6.45, 7) is 9.34. The van der Waals surface area contributed by atoms with E-state index in [2.05, 4.69) is 0 Å². The highest BCUT2D eigenvalue weighted by Gasteiger charge is 2.48. The molecule has 170 valence electrons. The minimum atomic E-state index is -0.887. The van der Waals surface area contributed by atoms with E-state index in [1.807, 2.05) is 45.9 Å². The molecule has 2 aromatic carbocycles. The molecular weight excluding hydrogens is 418 g/mol. The number of aryl methyl sites for hydroxylation is 5. The molecule has 1 atom stereocenters. The van der Waals surface area contributed by atoms with Crippen molar-refractivity contribution >= 4 is 23.1 Å². The molecule has 6 heteroatoms. The Hall–Kier alpha value is -3.80. The van der Waals surface area contributed by atoms with Crippen molar-refractivity contribution in [2.45, 2.75) is 40.7 Å². The Kier molecular flexibility index (Phi) is 5.62. The van der Waals surface area contributed by atoms with Crippen LogP contribution in [0.1, 0.15) is 45.4 Å². The van der Waals surface area contributed by atoms with Gasteiger partial charge >= 0.3 is 0 Å². The average molecular weight is 446 g/mol. The van der Waals surface area contributed by atoms with Crippen LogP contribution in [-0.2, 0) is 9.59 Å². The van der Waals surface area contributed by atoms with Crippen molar-refractivity contribution in [1.82, 2.24) is 0 Å². The lowest BCUT2D eigenvalue weighted by molar-refractivity contribution is -0.132. The second kappa shape index (κ2) is 8.28. The second-order valence-electron chi connectivity index (χ2n) is 8.60. The van der Waals surface area contributed by atoms with Crippen LogP contribution in [0.3, 0.4) is 0 Å². The third-order valence-corrected chi connectivity index (χ3v) is 5.96. The summed E-state index contributed by atoms with van der Waals surface area (Å²) in [7, 11) is 1.58. The quantitative estimate of drug-likeness (QED) is 0.328. The fourth-order valence-corrected chi connectivity index (χ4v) is 4.47. The summed E-state index contributed by atoms with van der Waals surface area (Å²) >= 11 is 0. The molecular formula is C27H27NO5. The van der Waals surface area contributed by atoms with E-state index in [1.165, 1.54) is 4.90 Å². The van der Waals surface area contributed by atoms with Crippen LogP contribution in [-0.4, -0.2) is 23.9 Å². The third kappa shape index (κ3) is 3.82. The molecule has 2 heterocycles. The largest absolute Gasteiger partial charge is 0.507 e. The number of carbonyl (C=O) groups is 2. The molecule has 0 aliphatic carbocycles. The maximum Gasteiger partial charge on any atom is 0.300 e. The van der Waals surface area contributed by atoms with Crippen molar-refractivity contribution in [2.24, 2.45) is 0 Å². The molecule has 1 unspecified atom stereocenters. The number of aliphatic hydroxyl groups is 1. The van der Waals surface area contributed by atoms with E-state index >= 15 is 0 Å². The van der Waals surface area contributed by atoms with Crippen LogP contribution in [0, 0.1) is 34.6 Å². The fraction of sp³-hybridized carbons (Fsp3) is 0.259. The van der Waals surface area contributed by atoms with Gasteiger partial charge < -0.3 is 14.3 Å². The first-order valence-corrected chi connectivity index (χ1v) is 10.7. The number of benzene rings is 2. The number of ketones is 1. The Labute approximate surface area is 193 Å². The van der Waals surface area contributed by atoms with Crippen molar-refractivity contribution < 1.29 is 23.8 Å². The number of Topliss-reactive ketones (excluding diaryl/α,β-unsaturated/α-hetero) is 1. The summed E-state index contributed by atoms with van der Waals surface area (Å²) in [5.41, 5.74) is 4.50. The van der Waals surface area contributed by atoms with Gasteiger partial charge in [0, 0.05) is 11.3 Å². The molecule has 1 aromatic heterocycles. The number of amides is 1. The van der Waals surface area contributed by atoms with Crippen LogP contribution in [0.15, 0.2) is 52.5 Å². The minimum Gasteiger partial charge on any atom is -0.507 e. The van der Waals surface area contributed by atoms with Gasteiger partial charge in [-0.15, -0.1) is 0 Å². The van der Waals surface area contributed by atoms with Gasteiger partial charge in [-0.1, -0.05) is 6.07 Å². The first-order valence-electron chi connectivity index (χ1n) is 10.7. The van der Waals surface area contributed by atoms with E-state index in [4.69, 9.17) is 9.15 Å². The molecule has 6 nitrogen and oxygen atoms in total. The normalized spacial score (nSPS) is 17.6. The van der Waals surface area contributed by atoms with Gasteiger partial charge in [-0.2, -0.15) is 0 Å². The second-order valence-corrected chi connectivity index (χ2v) is 8.60. The number of ether oxygens (including phenoxy) is 1. The third-order valence-electron chi connectivity index (χ3n) is 5.96. The molecule has 1 saturated heterocycles. The van der Waals surface area contributed by atoms with Gasteiger partial charge in [0.15, 0.2) is 0 Å². The smallest absolute Gasteiger partial charge is 0.300 e. The molecule has 0 radical (unpaired) electrons. The number of rotatable bonds is 4. The standard InChI is InChI=1S/C27H27NO5/c1-14-9-15(2)11-19(10-14)28-24(21-8-7-18(5)33-21)23(26(30)27(28)31)25(29)20-12-17(4)22(32-6)13-16(20)3/h7-13,24,29H,1-6H3/b25-23+. The number of nitrogens with zero attached hydrogens (tertiary/aromatic N) is 1. The Morgan fingerprint density at radius 3 is 2.18 bits per heavy atom. The van der Waals surface area contributed by atoms with Gasteiger partial charge in [0.05, 0.1) is 12.7 Å². The highest BCUT2D eigenvalue weighted by Crippen LogP contribution is 2.43. The van der Waals surface area contributed by atoms with E-state index in [9.17, 15) is 14.7 Å². The topological polar surface area (TPSA) is 80.0 Å². The zero-order valence-corrected chi connectivity index (χ0v) is 19.6. The van der Waals surface area contributed by atoms with Gasteiger partial charge in [-0.25, -0.2) is 0 Å². The molecule has 0 saturated carbocycles. The number of hydrogen-bond donors (Lipinski definition) is 1. The van der Waals surface area contributed by atoms with Crippen molar-refractivity contribution in [1.29, 1.82) is 0 Å². The molecule has 33 heavy (non-hydrogen) atoms. The SMILES string of the molecule is COc1cc(C)c(/C(O)=C2\C(=O)C(=O)N(c3cc(C)cc(C)c3)C2c2ccc(C)o2)cc1C. The van der Waals surface area contributed by atoms with E-state index in [1.54, 1.807) is 38.3 Å². The van der Waals surface area contributed by atoms with E-state index in [0.29, 0.717) is 28.5 Å². The molecule has 1 aliphatic heterocycles. The Morgan fingerprint density at radius 1 is 0.939 bits per heavy atom. The summed E-state index contributed by atoms with van der Waals surface area (Å²) in [4.78, 5) is 28.0. The van der Waals surface area contributed by atoms with Crippen LogP contribution in [0.2, 0.25) is 0 Å². The number of hydrogen-bond acceptors (Lipinski definition) is 5. The molecule has 1 fully saturated rings. The molecule has 0 spiro atoms. The summed E-state index contributed by atoms with van der Waals surface area (Å²) in [6.07, 6.45) is 0. The average Bonchev–Trinajstić information content (AvgIpc) is 3.29. The number of carbonyl (C=O) groups excluding carboxylic acids is 2. The van der Waals surface area contributed by atoms with Gasteiger partial charge in [-0.3, -0.25) is 14.5 Å². The summed E-state index contributed by atoms with van der Waals surface area (Å²) in [6, 6.07) is 11.9. The maximum atomic E-state index is 13.3. The summed E-state index contributed by atoms with van der Waals surface area (Å²) in [5.74, 6) is 0.0466. The van der Waals surface area contributed by atoms with Crippen LogP contribution in [0.25, 0.3) is 5.76 Å². The minimum absolute atomic E-state index is 0.00109. The van der Waals surface area contributed by atoms with Gasteiger partial charge in [0.25, 0.3) is 11.7 Å². The predicted octanol–water partition coefficient (Wildman–Crippen LogP) is 5.46. The lowest BCUT2D eigenvalue weighted by Crippen LogP contribution is -2.29. The van der Waals surface area contributed by atoms with Crippen molar-refractivity contribution in [3.05, 3.63) is 87.4 Å². The lowest BCUT2D eigenvalue weighted by atomic mass is 9.95. The number of furan rings is 1. The summed E-state index contributed by atoms with van der Waals surface area (Å²) in [5, 5.41) is 11.4. The van der Waals surface area contributed by atoms with Crippen LogP contribution in [0.5, 0.6) is 5.75 Å². The predicted molar refractivity (Wildman–Crippen MR) is 127 cm³/mol. The van der Waals surface area contributed by atoms with Crippen LogP contribution in [0.4, 0.5) is 5.69 Å². The Bertz CT molecular complexity index is 1290. The number of anilines is 1. The summed E-state index contributed by atoms with van der Waals surface area (Å²) < 4.78 is 11.2. The first kappa shape index (κ1) is 22.4. The number of aliphatic hydroxyl groups excluding tert-OH is 1. The first-order chi connectivity index (χ1) is 15.6. The van der Waals surface area contributed by atoms with Crippen LogP contribution < -0.4 is 9.64 Å². The maximum absolute atomic E-state index is 13.3. The molecule has 0 bridgehead atoms. The van der Waals surface area contributed by atoms with Crippen molar-refractivity contribution in [3.63, 3.8) is 0 Å². The fourth-order valence-electron chi connectivity index (χ4n) is 4.47. The van der Waals surface area contributed by atoms with Crippen LogP contribution >= 0.6 is 0 Å². The van der Waals surface area contributed by atoms with Gasteiger partial charge in [0.1, 0.15) is 29.1 Å². The number of methoxy groups -OCH3 is 1. The van der Waals surface area contributed by atoms with Crippen molar-refractivity contribution in [2.75, 3.05) is 12.0 Å². The zero-order valence-electron chi connectivity index (χ0n) is 19.6. The molecule has 4 rings (SSSR count). The highest BCUT2D eigenvalue weighted by molar-refractivity contribution is 6.51. The molecule has 1 amide bonds.